The van der Waals surface area contributed by atoms with Gasteiger partial charge in [-0.2, -0.15) is 0 Å². The third kappa shape index (κ3) is 5.57. The number of fused-ring (bicyclic) bond motifs is 1. The second-order valence-electron chi connectivity index (χ2n) is 8.14. The number of morpholine rings is 1. The molecule has 1 aliphatic heterocycles. The minimum atomic E-state index is -0.674. The first-order chi connectivity index (χ1) is 16.4. The highest BCUT2D eigenvalue weighted by Crippen LogP contribution is 2.29. The van der Waals surface area contributed by atoms with Gasteiger partial charge >= 0.3 is 0 Å². The highest BCUT2D eigenvalue weighted by molar-refractivity contribution is 5.98. The van der Waals surface area contributed by atoms with Crippen LogP contribution in [0.15, 0.2) is 36.5 Å². The maximum absolute atomic E-state index is 13.7. The molecule has 0 spiro atoms. The number of amides is 1. The number of ether oxygens (including phenoxy) is 1. The van der Waals surface area contributed by atoms with Crippen molar-refractivity contribution in [3.63, 3.8) is 0 Å². The smallest absolute Gasteiger partial charge is 0.251 e. The topological polar surface area (TPSA) is 91.4 Å². The Bertz CT molecular complexity index is 1150. The Morgan fingerprint density at radius 2 is 1.85 bits per heavy atom. The fraction of sp³-hybridized carbons (Fsp3) is 0.375. The van der Waals surface area contributed by atoms with E-state index >= 15 is 0 Å². The van der Waals surface area contributed by atoms with Crippen molar-refractivity contribution >= 4 is 28.4 Å². The van der Waals surface area contributed by atoms with Crippen molar-refractivity contribution in [2.24, 2.45) is 0 Å². The number of carbonyl (C=O) groups is 1. The first kappa shape index (κ1) is 23.8. The molecule has 1 aliphatic rings. The van der Waals surface area contributed by atoms with Crippen LogP contribution in [0.5, 0.6) is 0 Å². The molecule has 0 bridgehead atoms. The van der Waals surface area contributed by atoms with E-state index in [2.05, 4.69) is 25.8 Å². The second-order valence-corrected chi connectivity index (χ2v) is 8.14. The van der Waals surface area contributed by atoms with Gasteiger partial charge in [0.15, 0.2) is 0 Å². The molecule has 0 saturated carbocycles. The van der Waals surface area contributed by atoms with Crippen LogP contribution >= 0.6 is 0 Å². The van der Waals surface area contributed by atoms with Crippen molar-refractivity contribution in [3.05, 3.63) is 59.3 Å². The molecule has 4 rings (SSSR count). The van der Waals surface area contributed by atoms with Gasteiger partial charge in [0.2, 0.25) is 0 Å². The quantitative estimate of drug-likeness (QED) is 0.436. The van der Waals surface area contributed by atoms with Gasteiger partial charge in [-0.3, -0.25) is 9.78 Å². The van der Waals surface area contributed by atoms with Crippen molar-refractivity contribution in [3.8, 4) is 0 Å². The number of aromatic nitrogens is 2. The Balaban J connectivity index is 1.73. The lowest BCUT2D eigenvalue weighted by Gasteiger charge is -2.28. The molecule has 8 nitrogen and oxygen atoms in total. The number of hydrogen-bond donors (Lipinski definition) is 3. The van der Waals surface area contributed by atoms with Crippen LogP contribution in [-0.4, -0.2) is 62.3 Å². The number of nitrogens with one attached hydrogen (secondary N) is 3. The van der Waals surface area contributed by atoms with Crippen LogP contribution in [0.3, 0.4) is 0 Å². The fourth-order valence-electron chi connectivity index (χ4n) is 3.91. The summed E-state index contributed by atoms with van der Waals surface area (Å²) >= 11 is 0. The highest BCUT2D eigenvalue weighted by atomic mass is 19.1. The van der Waals surface area contributed by atoms with Crippen LogP contribution in [0.25, 0.3) is 11.0 Å². The van der Waals surface area contributed by atoms with E-state index < -0.39 is 17.7 Å². The van der Waals surface area contributed by atoms with E-state index in [9.17, 15) is 13.6 Å². The number of likely N-dealkylation sites (N-methyl/N-ethyl adjacent to an activating group) is 1. The predicted octanol–water partition coefficient (Wildman–Crippen LogP) is 2.87. The third-order valence-electron chi connectivity index (χ3n) is 5.63. The molecule has 0 radical (unpaired) electrons. The summed E-state index contributed by atoms with van der Waals surface area (Å²) in [6.07, 6.45) is 1.69. The van der Waals surface area contributed by atoms with E-state index in [4.69, 9.17) is 9.72 Å². The standard InChI is InChI=1S/C24H28F2N6O2/c1-15(30-19-12-17(25)11-18(26)13-19)20-9-16(24(33)28-4-3-27-2)10-21-23(20)31-22(14-29-21)32-5-7-34-8-6-32/h9-15,27,30H,3-8H2,1-2H3,(H,28,33). The van der Waals surface area contributed by atoms with Gasteiger partial charge in [-0.1, -0.05) is 0 Å². The minimum absolute atomic E-state index is 0.235. The zero-order valence-corrected chi connectivity index (χ0v) is 19.2. The van der Waals surface area contributed by atoms with Gasteiger partial charge in [0.1, 0.15) is 17.5 Å². The molecule has 3 N–H and O–H groups in total. The van der Waals surface area contributed by atoms with Gasteiger partial charge in [0, 0.05) is 49.1 Å². The second kappa shape index (κ2) is 10.7. The molecule has 34 heavy (non-hydrogen) atoms. The van der Waals surface area contributed by atoms with E-state index in [1.54, 1.807) is 18.3 Å². The maximum atomic E-state index is 13.7. The Hall–Kier alpha value is -3.37. The van der Waals surface area contributed by atoms with Gasteiger partial charge in [-0.05, 0) is 38.2 Å². The molecule has 1 atom stereocenters. The molecule has 2 heterocycles. The average Bonchev–Trinajstić information content (AvgIpc) is 2.83. The first-order valence-electron chi connectivity index (χ1n) is 11.2. The zero-order chi connectivity index (χ0) is 24.1. The molecule has 1 saturated heterocycles. The number of halogens is 2. The van der Waals surface area contributed by atoms with Crippen LogP contribution in [0.1, 0.15) is 28.9 Å². The normalized spacial score (nSPS) is 14.8. The molecular formula is C24H28F2N6O2. The maximum Gasteiger partial charge on any atom is 0.251 e. The predicted molar refractivity (Wildman–Crippen MR) is 127 cm³/mol. The minimum Gasteiger partial charge on any atom is -0.378 e. The number of carbonyl (C=O) groups excluding carboxylic acids is 1. The fourth-order valence-corrected chi connectivity index (χ4v) is 3.91. The van der Waals surface area contributed by atoms with Crippen LogP contribution in [-0.2, 0) is 4.74 Å². The molecule has 1 aromatic heterocycles. The van der Waals surface area contributed by atoms with Crippen LogP contribution in [0, 0.1) is 11.6 Å². The van der Waals surface area contributed by atoms with E-state index in [1.807, 2.05) is 14.0 Å². The lowest BCUT2D eigenvalue weighted by atomic mass is 10.0. The first-order valence-corrected chi connectivity index (χ1v) is 11.2. The van der Waals surface area contributed by atoms with Crippen molar-refractivity contribution in [2.75, 3.05) is 56.7 Å². The van der Waals surface area contributed by atoms with E-state index in [1.165, 1.54) is 12.1 Å². The molecule has 0 aliphatic carbocycles. The average molecular weight is 471 g/mol. The summed E-state index contributed by atoms with van der Waals surface area (Å²) in [6, 6.07) is 6.31. The summed E-state index contributed by atoms with van der Waals surface area (Å²) in [5.74, 6) is -0.869. The van der Waals surface area contributed by atoms with E-state index in [0.29, 0.717) is 73.1 Å². The summed E-state index contributed by atoms with van der Waals surface area (Å²) in [5, 5.41) is 8.98. The highest BCUT2D eigenvalue weighted by Gasteiger charge is 2.20. The van der Waals surface area contributed by atoms with Crippen molar-refractivity contribution < 1.29 is 18.3 Å². The van der Waals surface area contributed by atoms with Gasteiger partial charge in [0.05, 0.1) is 36.5 Å². The number of anilines is 2. The molecule has 10 heteroatoms. The molecular weight excluding hydrogens is 442 g/mol. The van der Waals surface area contributed by atoms with Gasteiger partial charge in [-0.25, -0.2) is 13.8 Å². The van der Waals surface area contributed by atoms with Crippen molar-refractivity contribution in [1.82, 2.24) is 20.6 Å². The molecule has 1 unspecified atom stereocenters. The van der Waals surface area contributed by atoms with Crippen LogP contribution in [0.2, 0.25) is 0 Å². The van der Waals surface area contributed by atoms with Gasteiger partial charge < -0.3 is 25.6 Å². The Kier molecular flexibility index (Phi) is 7.49. The van der Waals surface area contributed by atoms with Crippen molar-refractivity contribution in [1.29, 1.82) is 0 Å². The Labute approximate surface area is 196 Å². The summed E-state index contributed by atoms with van der Waals surface area (Å²) < 4.78 is 32.9. The largest absolute Gasteiger partial charge is 0.378 e. The summed E-state index contributed by atoms with van der Waals surface area (Å²) in [5.41, 5.74) is 2.61. The molecule has 1 fully saturated rings. The Morgan fingerprint density at radius 3 is 2.56 bits per heavy atom. The Morgan fingerprint density at radius 1 is 1.12 bits per heavy atom. The lowest BCUT2D eigenvalue weighted by Crippen LogP contribution is -2.36. The van der Waals surface area contributed by atoms with E-state index in [-0.39, 0.29) is 5.91 Å². The van der Waals surface area contributed by atoms with Crippen LogP contribution < -0.4 is 20.9 Å². The van der Waals surface area contributed by atoms with E-state index in [0.717, 1.165) is 6.07 Å². The van der Waals surface area contributed by atoms with Crippen LogP contribution in [0.4, 0.5) is 20.3 Å². The number of nitrogens with zero attached hydrogens (tertiary/aromatic N) is 3. The summed E-state index contributed by atoms with van der Waals surface area (Å²) in [6.45, 7) is 5.60. The SMILES string of the molecule is CNCCNC(=O)c1cc(C(C)Nc2cc(F)cc(F)c2)c2nc(N3CCOCC3)cnc2c1. The zero-order valence-electron chi connectivity index (χ0n) is 19.2. The third-order valence-corrected chi connectivity index (χ3v) is 5.63. The lowest BCUT2D eigenvalue weighted by molar-refractivity contribution is 0.0954. The molecule has 3 aromatic rings. The number of benzene rings is 2. The summed E-state index contributed by atoms with van der Waals surface area (Å²) in [7, 11) is 1.81. The van der Waals surface area contributed by atoms with Gasteiger partial charge in [0.25, 0.3) is 5.91 Å². The molecule has 1 amide bonds. The number of hydrogen-bond acceptors (Lipinski definition) is 7. The molecule has 180 valence electrons. The van der Waals surface area contributed by atoms with Gasteiger partial charge in [-0.15, -0.1) is 0 Å². The molecule has 2 aromatic carbocycles. The number of rotatable bonds is 8. The summed E-state index contributed by atoms with van der Waals surface area (Å²) in [4.78, 5) is 24.3. The van der Waals surface area contributed by atoms with Crippen molar-refractivity contribution in [2.45, 2.75) is 13.0 Å². The monoisotopic (exact) mass is 470 g/mol.